The molecule has 3 aromatic rings. The quantitative estimate of drug-likeness (QED) is 0.647. The number of hydrogen-bond acceptors (Lipinski definition) is 4. The lowest BCUT2D eigenvalue weighted by atomic mass is 10.0. The van der Waals surface area contributed by atoms with Crippen LogP contribution in [0.1, 0.15) is 16.1 Å². The van der Waals surface area contributed by atoms with Crippen molar-refractivity contribution in [2.45, 2.75) is 6.92 Å². The van der Waals surface area contributed by atoms with E-state index in [0.29, 0.717) is 0 Å². The number of benzene rings is 2. The molecule has 0 unspecified atom stereocenters. The second-order valence-electron chi connectivity index (χ2n) is 5.92. The minimum absolute atomic E-state index is 0.0168. The van der Waals surface area contributed by atoms with Crippen LogP contribution in [0.15, 0.2) is 40.9 Å². The van der Waals surface area contributed by atoms with Gasteiger partial charge in [0.2, 0.25) is 5.91 Å². The number of nitrogens with one attached hydrogen (secondary N) is 2. The summed E-state index contributed by atoms with van der Waals surface area (Å²) < 4.78 is 45.3. The number of rotatable bonds is 5. The molecule has 2 N–H and O–H groups in total. The molecular formula is C19H13ClF3N3O3. The smallest absolute Gasteiger partial charge is 0.257 e. The third-order valence-corrected chi connectivity index (χ3v) is 4.22. The first-order valence-corrected chi connectivity index (χ1v) is 8.59. The lowest BCUT2D eigenvalue weighted by Gasteiger charge is -2.08. The minimum atomic E-state index is -1.13. The van der Waals surface area contributed by atoms with Crippen LogP contribution in [0.25, 0.3) is 11.3 Å². The van der Waals surface area contributed by atoms with Gasteiger partial charge in [0.05, 0.1) is 17.1 Å². The predicted molar refractivity (Wildman–Crippen MR) is 99.0 cm³/mol. The fourth-order valence-corrected chi connectivity index (χ4v) is 2.81. The standard InChI is InChI=1S/C19H13ClF3N3O3/c1-9-16(18(26-29-9)17-11(20)3-2-4-13(17)22)19(28)24-8-15(27)25-10-5-6-12(21)14(23)7-10/h2-7H,8H2,1H3,(H,24,28)(H,25,27). The Morgan fingerprint density at radius 1 is 1.10 bits per heavy atom. The summed E-state index contributed by atoms with van der Waals surface area (Å²) >= 11 is 6.02. The second-order valence-corrected chi connectivity index (χ2v) is 6.33. The summed E-state index contributed by atoms with van der Waals surface area (Å²) in [4.78, 5) is 24.5. The summed E-state index contributed by atoms with van der Waals surface area (Å²) in [5.41, 5.74) is -0.285. The van der Waals surface area contributed by atoms with Gasteiger partial charge in [-0.15, -0.1) is 0 Å². The van der Waals surface area contributed by atoms with Crippen molar-refractivity contribution in [2.75, 3.05) is 11.9 Å². The summed E-state index contributed by atoms with van der Waals surface area (Å²) in [6, 6.07) is 6.81. The van der Waals surface area contributed by atoms with Crippen LogP contribution in [-0.2, 0) is 4.79 Å². The molecule has 6 nitrogen and oxygen atoms in total. The van der Waals surface area contributed by atoms with Gasteiger partial charge in [0.25, 0.3) is 5.91 Å². The number of carbonyl (C=O) groups is 2. The number of aromatic nitrogens is 1. The maximum Gasteiger partial charge on any atom is 0.257 e. The highest BCUT2D eigenvalue weighted by molar-refractivity contribution is 6.33. The van der Waals surface area contributed by atoms with Crippen molar-refractivity contribution in [1.82, 2.24) is 10.5 Å². The summed E-state index contributed by atoms with van der Waals surface area (Å²) in [5.74, 6) is -4.23. The Morgan fingerprint density at radius 2 is 1.86 bits per heavy atom. The van der Waals surface area contributed by atoms with Crippen molar-refractivity contribution in [3.8, 4) is 11.3 Å². The molecule has 3 rings (SSSR count). The Bertz CT molecular complexity index is 1080. The van der Waals surface area contributed by atoms with Crippen molar-refractivity contribution in [2.24, 2.45) is 0 Å². The number of nitrogens with zero attached hydrogens (tertiary/aromatic N) is 1. The van der Waals surface area contributed by atoms with Gasteiger partial charge in [0.1, 0.15) is 22.8 Å². The van der Waals surface area contributed by atoms with E-state index in [0.717, 1.165) is 18.2 Å². The molecule has 0 aliphatic heterocycles. The van der Waals surface area contributed by atoms with Gasteiger partial charge >= 0.3 is 0 Å². The Labute approximate surface area is 167 Å². The summed E-state index contributed by atoms with van der Waals surface area (Å²) in [5, 5.41) is 8.38. The van der Waals surface area contributed by atoms with Crippen LogP contribution in [0.2, 0.25) is 5.02 Å². The van der Waals surface area contributed by atoms with Crippen LogP contribution in [0.3, 0.4) is 0 Å². The molecule has 10 heteroatoms. The molecule has 150 valence electrons. The summed E-state index contributed by atoms with van der Waals surface area (Å²) in [6.45, 7) is 0.953. The molecule has 0 atom stereocenters. The molecule has 29 heavy (non-hydrogen) atoms. The van der Waals surface area contributed by atoms with E-state index in [-0.39, 0.29) is 33.3 Å². The predicted octanol–water partition coefficient (Wildman–Crippen LogP) is 4.09. The number of hydrogen-bond donors (Lipinski definition) is 2. The number of anilines is 1. The van der Waals surface area contributed by atoms with Crippen LogP contribution in [0.5, 0.6) is 0 Å². The van der Waals surface area contributed by atoms with Crippen molar-refractivity contribution >= 4 is 29.1 Å². The number of halogens is 4. The highest BCUT2D eigenvalue weighted by atomic mass is 35.5. The van der Waals surface area contributed by atoms with Crippen LogP contribution < -0.4 is 10.6 Å². The number of aryl methyl sites for hydroxylation is 1. The average Bonchev–Trinajstić information content (AvgIpc) is 3.04. The number of amides is 2. The summed E-state index contributed by atoms with van der Waals surface area (Å²) in [7, 11) is 0. The fourth-order valence-electron chi connectivity index (χ4n) is 2.56. The van der Waals surface area contributed by atoms with E-state index in [4.69, 9.17) is 16.1 Å². The van der Waals surface area contributed by atoms with Crippen molar-refractivity contribution in [3.63, 3.8) is 0 Å². The van der Waals surface area contributed by atoms with Crippen LogP contribution in [0.4, 0.5) is 18.9 Å². The number of carbonyl (C=O) groups excluding carboxylic acids is 2. The molecule has 2 aromatic carbocycles. The van der Waals surface area contributed by atoms with Gasteiger partial charge in [-0.05, 0) is 31.2 Å². The molecule has 0 spiro atoms. The zero-order chi connectivity index (χ0) is 21.1. The van der Waals surface area contributed by atoms with Gasteiger partial charge in [-0.25, -0.2) is 13.2 Å². The van der Waals surface area contributed by atoms with Crippen LogP contribution >= 0.6 is 11.6 Å². The third-order valence-electron chi connectivity index (χ3n) is 3.90. The van der Waals surface area contributed by atoms with Gasteiger partial charge < -0.3 is 15.2 Å². The van der Waals surface area contributed by atoms with E-state index in [1.54, 1.807) is 0 Å². The molecule has 0 aliphatic rings. The molecule has 1 heterocycles. The molecule has 1 aromatic heterocycles. The van der Waals surface area contributed by atoms with Gasteiger partial charge in [-0.1, -0.05) is 22.8 Å². The van der Waals surface area contributed by atoms with E-state index in [9.17, 15) is 22.8 Å². The first-order chi connectivity index (χ1) is 13.8. The summed E-state index contributed by atoms with van der Waals surface area (Å²) in [6.07, 6.45) is 0. The zero-order valence-corrected chi connectivity index (χ0v) is 15.6. The molecule has 0 saturated carbocycles. The monoisotopic (exact) mass is 423 g/mol. The Kier molecular flexibility index (Phi) is 5.88. The normalized spacial score (nSPS) is 10.7. The second kappa shape index (κ2) is 8.36. The fraction of sp³-hybridized carbons (Fsp3) is 0.105. The third kappa shape index (κ3) is 4.40. The van der Waals surface area contributed by atoms with E-state index in [1.165, 1.54) is 25.1 Å². The first kappa shape index (κ1) is 20.4. The first-order valence-electron chi connectivity index (χ1n) is 8.21. The Hall–Kier alpha value is -3.33. The molecule has 0 radical (unpaired) electrons. The maximum atomic E-state index is 14.2. The van der Waals surface area contributed by atoms with Crippen molar-refractivity contribution in [1.29, 1.82) is 0 Å². The van der Waals surface area contributed by atoms with E-state index < -0.39 is 35.8 Å². The minimum Gasteiger partial charge on any atom is -0.360 e. The van der Waals surface area contributed by atoms with Crippen LogP contribution in [-0.4, -0.2) is 23.5 Å². The lowest BCUT2D eigenvalue weighted by molar-refractivity contribution is -0.115. The van der Waals surface area contributed by atoms with Gasteiger partial charge in [-0.3, -0.25) is 9.59 Å². The van der Waals surface area contributed by atoms with Gasteiger partial charge in [0, 0.05) is 11.8 Å². The molecular weight excluding hydrogens is 411 g/mol. The topological polar surface area (TPSA) is 84.2 Å². The molecule has 0 bridgehead atoms. The SMILES string of the molecule is Cc1onc(-c2c(F)cccc2Cl)c1C(=O)NCC(=O)Nc1ccc(F)c(F)c1. The van der Waals surface area contributed by atoms with Gasteiger partial charge in [0.15, 0.2) is 11.6 Å². The van der Waals surface area contributed by atoms with E-state index in [2.05, 4.69) is 15.8 Å². The Balaban J connectivity index is 1.74. The molecule has 0 saturated heterocycles. The zero-order valence-electron chi connectivity index (χ0n) is 14.9. The van der Waals surface area contributed by atoms with E-state index in [1.807, 2.05) is 0 Å². The molecule has 0 fully saturated rings. The van der Waals surface area contributed by atoms with E-state index >= 15 is 0 Å². The van der Waals surface area contributed by atoms with Crippen molar-refractivity contribution < 1.29 is 27.3 Å². The average molecular weight is 424 g/mol. The largest absolute Gasteiger partial charge is 0.360 e. The highest BCUT2D eigenvalue weighted by Crippen LogP contribution is 2.33. The highest BCUT2D eigenvalue weighted by Gasteiger charge is 2.25. The Morgan fingerprint density at radius 3 is 2.55 bits per heavy atom. The van der Waals surface area contributed by atoms with Gasteiger partial charge in [-0.2, -0.15) is 0 Å². The molecule has 2 amide bonds. The maximum absolute atomic E-state index is 14.2. The lowest BCUT2D eigenvalue weighted by Crippen LogP contribution is -2.33. The van der Waals surface area contributed by atoms with Crippen molar-refractivity contribution in [3.05, 3.63) is 70.2 Å². The molecule has 0 aliphatic carbocycles. The van der Waals surface area contributed by atoms with Crippen LogP contribution in [0, 0.1) is 24.4 Å².